The Morgan fingerprint density at radius 2 is 1.76 bits per heavy atom. The van der Waals surface area contributed by atoms with E-state index in [4.69, 9.17) is 4.74 Å². The maximum absolute atomic E-state index is 11.6. The predicted molar refractivity (Wildman–Crippen MR) is 104 cm³/mol. The van der Waals surface area contributed by atoms with Crippen LogP contribution in [0.25, 0.3) is 0 Å². The first-order valence-corrected chi connectivity index (χ1v) is 9.34. The average Bonchev–Trinajstić information content (AvgIpc) is 2.61. The second-order valence-corrected chi connectivity index (χ2v) is 7.29. The monoisotopic (exact) mass is 358 g/mol. The maximum atomic E-state index is 11.6. The highest BCUT2D eigenvalue weighted by molar-refractivity contribution is 7.99. The van der Waals surface area contributed by atoms with Gasteiger partial charge in [0.15, 0.2) is 0 Å². The van der Waals surface area contributed by atoms with Crippen LogP contribution in [0.15, 0.2) is 53.4 Å². The third kappa shape index (κ3) is 6.11. The van der Waals surface area contributed by atoms with Crippen LogP contribution >= 0.6 is 11.8 Å². The van der Waals surface area contributed by atoms with Crippen molar-refractivity contribution < 1.29 is 9.53 Å². The van der Waals surface area contributed by atoms with Crippen molar-refractivity contribution in [2.75, 3.05) is 26.9 Å². The van der Waals surface area contributed by atoms with E-state index in [0.717, 1.165) is 12.2 Å². The number of ether oxygens (including phenoxy) is 1. The van der Waals surface area contributed by atoms with Gasteiger partial charge in [-0.05, 0) is 56.0 Å². The molecule has 0 fully saturated rings. The number of benzene rings is 2. The molecule has 1 amide bonds. The van der Waals surface area contributed by atoms with E-state index in [0.29, 0.717) is 5.75 Å². The van der Waals surface area contributed by atoms with Gasteiger partial charge in [-0.15, -0.1) is 11.8 Å². The van der Waals surface area contributed by atoms with Gasteiger partial charge < -0.3 is 15.0 Å². The van der Waals surface area contributed by atoms with Crippen LogP contribution in [0.3, 0.4) is 0 Å². The highest BCUT2D eigenvalue weighted by Crippen LogP contribution is 2.25. The number of carbonyl (C=O) groups excluding carboxylic acids is 1. The van der Waals surface area contributed by atoms with Gasteiger partial charge in [-0.2, -0.15) is 0 Å². The van der Waals surface area contributed by atoms with Gasteiger partial charge in [0.2, 0.25) is 0 Å². The van der Waals surface area contributed by atoms with E-state index in [2.05, 4.69) is 36.5 Å². The van der Waals surface area contributed by atoms with E-state index < -0.39 is 0 Å². The van der Waals surface area contributed by atoms with Gasteiger partial charge in [-0.1, -0.05) is 29.8 Å². The molecule has 0 aliphatic heterocycles. The molecule has 0 aliphatic carbocycles. The number of aryl methyl sites for hydroxylation is 1. The van der Waals surface area contributed by atoms with Crippen LogP contribution in [0, 0.1) is 6.92 Å². The zero-order valence-corrected chi connectivity index (χ0v) is 16.1. The molecule has 0 saturated heterocycles. The molecule has 1 N–H and O–H groups in total. The number of amides is 1. The van der Waals surface area contributed by atoms with E-state index in [9.17, 15) is 4.79 Å². The molecule has 4 nitrogen and oxygen atoms in total. The molecular formula is C20H26N2O2S. The number of nitrogens with zero attached hydrogens (tertiary/aromatic N) is 1. The molecule has 5 heteroatoms. The summed E-state index contributed by atoms with van der Waals surface area (Å²) in [6.07, 6.45) is 0.652. The van der Waals surface area contributed by atoms with Crippen LogP contribution < -0.4 is 10.1 Å². The van der Waals surface area contributed by atoms with Crippen LogP contribution in [0.5, 0.6) is 5.75 Å². The van der Waals surface area contributed by atoms with Crippen molar-refractivity contribution in [2.24, 2.45) is 0 Å². The third-order valence-electron chi connectivity index (χ3n) is 3.90. The number of thioether (sulfide) groups is 1. The van der Waals surface area contributed by atoms with Crippen molar-refractivity contribution in [3.8, 4) is 5.75 Å². The Kier molecular flexibility index (Phi) is 7.34. The summed E-state index contributed by atoms with van der Waals surface area (Å²) in [6, 6.07) is 16.6. The van der Waals surface area contributed by atoms with Crippen molar-refractivity contribution >= 4 is 17.9 Å². The third-order valence-corrected chi connectivity index (χ3v) is 4.94. The minimum Gasteiger partial charge on any atom is -0.410 e. The highest BCUT2D eigenvalue weighted by atomic mass is 32.2. The summed E-state index contributed by atoms with van der Waals surface area (Å²) in [5.41, 5.74) is 2.48. The molecule has 0 radical (unpaired) electrons. The molecule has 2 aromatic carbocycles. The molecule has 0 saturated carbocycles. The zero-order valence-electron chi connectivity index (χ0n) is 15.3. The number of hydrogen-bond acceptors (Lipinski definition) is 4. The highest BCUT2D eigenvalue weighted by Gasteiger charge is 2.11. The van der Waals surface area contributed by atoms with Gasteiger partial charge in [-0.25, -0.2) is 4.79 Å². The van der Waals surface area contributed by atoms with Crippen LogP contribution in [-0.4, -0.2) is 37.9 Å². The van der Waals surface area contributed by atoms with Gasteiger partial charge in [0.25, 0.3) is 0 Å². The molecule has 0 aliphatic rings. The summed E-state index contributed by atoms with van der Waals surface area (Å²) >= 11 is 1.87. The van der Waals surface area contributed by atoms with Gasteiger partial charge in [0.05, 0.1) is 0 Å². The second kappa shape index (κ2) is 9.49. The maximum Gasteiger partial charge on any atom is 0.414 e. The zero-order chi connectivity index (χ0) is 18.2. The van der Waals surface area contributed by atoms with Gasteiger partial charge in [0.1, 0.15) is 5.75 Å². The van der Waals surface area contributed by atoms with E-state index in [1.54, 1.807) is 14.1 Å². The molecule has 1 atom stereocenters. The molecule has 2 rings (SSSR count). The fourth-order valence-electron chi connectivity index (χ4n) is 2.37. The first-order valence-electron chi connectivity index (χ1n) is 8.35. The summed E-state index contributed by atoms with van der Waals surface area (Å²) in [6.45, 7) is 2.10. The van der Waals surface area contributed by atoms with E-state index >= 15 is 0 Å². The van der Waals surface area contributed by atoms with E-state index in [-0.39, 0.29) is 12.1 Å². The first-order chi connectivity index (χ1) is 12.0. The lowest BCUT2D eigenvalue weighted by Gasteiger charge is -2.17. The Morgan fingerprint density at radius 3 is 2.32 bits per heavy atom. The van der Waals surface area contributed by atoms with Crippen LogP contribution in [0.2, 0.25) is 0 Å². The summed E-state index contributed by atoms with van der Waals surface area (Å²) in [5, 5.41) is 3.36. The largest absolute Gasteiger partial charge is 0.414 e. The van der Waals surface area contributed by atoms with Crippen molar-refractivity contribution in [1.29, 1.82) is 0 Å². The first kappa shape index (κ1) is 19.3. The number of hydrogen-bond donors (Lipinski definition) is 1. The minimum absolute atomic E-state index is 0.275. The van der Waals surface area contributed by atoms with Crippen molar-refractivity contribution in [3.63, 3.8) is 0 Å². The summed E-state index contributed by atoms with van der Waals surface area (Å²) < 4.78 is 5.26. The quantitative estimate of drug-likeness (QED) is 0.740. The normalized spacial score (nSPS) is 11.8. The predicted octanol–water partition coefficient (Wildman–Crippen LogP) is 4.50. The molecule has 25 heavy (non-hydrogen) atoms. The fourth-order valence-corrected chi connectivity index (χ4v) is 3.28. The number of carbonyl (C=O) groups is 1. The molecule has 0 heterocycles. The SMILES string of the molecule is CNC(CCSc1ccc(C)cc1)c1ccc(OC(=O)N(C)C)cc1. The summed E-state index contributed by atoms with van der Waals surface area (Å²) in [5.74, 6) is 1.60. The topological polar surface area (TPSA) is 41.6 Å². The van der Waals surface area contributed by atoms with E-state index in [1.807, 2.05) is 43.1 Å². The molecule has 0 aromatic heterocycles. The molecule has 0 bridgehead atoms. The molecule has 134 valence electrons. The Hall–Kier alpha value is -1.98. The van der Waals surface area contributed by atoms with Crippen molar-refractivity contribution in [3.05, 3.63) is 59.7 Å². The lowest BCUT2D eigenvalue weighted by atomic mass is 10.0. The minimum atomic E-state index is -0.368. The molecule has 0 spiro atoms. The summed E-state index contributed by atoms with van der Waals surface area (Å²) in [7, 11) is 5.31. The van der Waals surface area contributed by atoms with Crippen molar-refractivity contribution in [2.45, 2.75) is 24.3 Å². The fraction of sp³-hybridized carbons (Fsp3) is 0.350. The molecular weight excluding hydrogens is 332 g/mol. The Labute approximate surface area is 154 Å². The Morgan fingerprint density at radius 1 is 1.12 bits per heavy atom. The summed E-state index contributed by atoms with van der Waals surface area (Å²) in [4.78, 5) is 14.3. The van der Waals surface area contributed by atoms with Gasteiger partial charge in [-0.3, -0.25) is 0 Å². The lowest BCUT2D eigenvalue weighted by molar-refractivity contribution is 0.172. The average molecular weight is 359 g/mol. The number of nitrogens with one attached hydrogen (secondary N) is 1. The van der Waals surface area contributed by atoms with Crippen LogP contribution in [-0.2, 0) is 0 Å². The van der Waals surface area contributed by atoms with Gasteiger partial charge in [0, 0.05) is 25.0 Å². The Bertz CT molecular complexity index is 669. The number of rotatable bonds is 7. The van der Waals surface area contributed by atoms with Crippen molar-refractivity contribution in [1.82, 2.24) is 10.2 Å². The smallest absolute Gasteiger partial charge is 0.410 e. The lowest BCUT2D eigenvalue weighted by Crippen LogP contribution is -2.25. The molecule has 1 unspecified atom stereocenters. The second-order valence-electron chi connectivity index (χ2n) is 6.12. The van der Waals surface area contributed by atoms with E-state index in [1.165, 1.54) is 20.9 Å². The standard InChI is InChI=1S/C20H26N2O2S/c1-15-5-11-18(12-6-15)25-14-13-19(21-2)16-7-9-17(10-8-16)24-20(23)22(3)4/h5-12,19,21H,13-14H2,1-4H3. The van der Waals surface area contributed by atoms with Gasteiger partial charge >= 0.3 is 6.09 Å². The molecule has 2 aromatic rings. The Balaban J connectivity index is 1.89. The van der Waals surface area contributed by atoms with Crippen LogP contribution in [0.4, 0.5) is 4.79 Å². The van der Waals surface area contributed by atoms with Crippen LogP contribution in [0.1, 0.15) is 23.6 Å².